The summed E-state index contributed by atoms with van der Waals surface area (Å²) in [6.45, 7) is -2.31. The van der Waals surface area contributed by atoms with Crippen molar-refractivity contribution in [3.05, 3.63) is 54.1 Å². The number of carbonyl (C=O) groups is 2. The molecule has 2 aromatic carbocycles. The molecule has 1 N–H and O–H groups in total. The van der Waals surface area contributed by atoms with E-state index >= 15 is 0 Å². The van der Waals surface area contributed by atoms with E-state index in [1.165, 1.54) is 18.2 Å². The molecular weight excluding hydrogens is 330 g/mol. The lowest BCUT2D eigenvalue weighted by molar-refractivity contribution is -0.117. The third-order valence-electron chi connectivity index (χ3n) is 3.87. The Hall–Kier alpha value is -2.96. The van der Waals surface area contributed by atoms with E-state index in [1.807, 2.05) is 0 Å². The minimum atomic E-state index is -2.98. The Morgan fingerprint density at radius 2 is 1.84 bits per heavy atom. The molecule has 0 bridgehead atoms. The number of hydrogen-bond acceptors (Lipinski definition) is 3. The summed E-state index contributed by atoms with van der Waals surface area (Å²) in [7, 11) is 0. The molecule has 1 saturated heterocycles. The molecule has 0 saturated carbocycles. The number of nitrogens with zero attached hydrogens (tertiary/aromatic N) is 1. The predicted molar refractivity (Wildman–Crippen MR) is 89.1 cm³/mol. The SMILES string of the molecule is O=C(Nc1ccccc1OC(F)F)c1ccc(N2CCCC2=O)cc1. The second-order valence-corrected chi connectivity index (χ2v) is 5.52. The van der Waals surface area contributed by atoms with Crippen LogP contribution in [0, 0.1) is 0 Å². The van der Waals surface area contributed by atoms with E-state index in [1.54, 1.807) is 35.2 Å². The van der Waals surface area contributed by atoms with E-state index in [-0.39, 0.29) is 17.3 Å². The number of amides is 2. The van der Waals surface area contributed by atoms with Gasteiger partial charge in [0.1, 0.15) is 5.75 Å². The topological polar surface area (TPSA) is 58.6 Å². The average Bonchev–Trinajstić information content (AvgIpc) is 3.02. The van der Waals surface area contributed by atoms with E-state index < -0.39 is 12.5 Å². The number of rotatable bonds is 5. The summed E-state index contributed by atoms with van der Waals surface area (Å²) < 4.78 is 29.2. The van der Waals surface area contributed by atoms with Gasteiger partial charge < -0.3 is 15.0 Å². The van der Waals surface area contributed by atoms with Crippen LogP contribution in [0.4, 0.5) is 20.2 Å². The molecule has 0 aliphatic carbocycles. The summed E-state index contributed by atoms with van der Waals surface area (Å²) in [6, 6.07) is 12.5. The highest BCUT2D eigenvalue weighted by molar-refractivity contribution is 6.05. The van der Waals surface area contributed by atoms with Crippen molar-refractivity contribution in [3.63, 3.8) is 0 Å². The van der Waals surface area contributed by atoms with Crippen LogP contribution in [0.1, 0.15) is 23.2 Å². The number of para-hydroxylation sites is 2. The summed E-state index contributed by atoms with van der Waals surface area (Å²) in [6.07, 6.45) is 1.35. The molecule has 3 rings (SSSR count). The fraction of sp³-hybridized carbons (Fsp3) is 0.222. The quantitative estimate of drug-likeness (QED) is 0.899. The third-order valence-corrected chi connectivity index (χ3v) is 3.87. The number of carbonyl (C=O) groups excluding carboxylic acids is 2. The van der Waals surface area contributed by atoms with Gasteiger partial charge in [-0.1, -0.05) is 12.1 Å². The van der Waals surface area contributed by atoms with Crippen LogP contribution in [-0.4, -0.2) is 25.0 Å². The van der Waals surface area contributed by atoms with E-state index in [0.717, 1.165) is 12.1 Å². The summed E-state index contributed by atoms with van der Waals surface area (Å²) in [5, 5.41) is 2.55. The largest absolute Gasteiger partial charge is 0.433 e. The predicted octanol–water partition coefficient (Wildman–Crippen LogP) is 3.67. The zero-order chi connectivity index (χ0) is 17.8. The molecular formula is C18H16F2N2O3. The van der Waals surface area contributed by atoms with Crippen molar-refractivity contribution in [3.8, 4) is 5.75 Å². The van der Waals surface area contributed by atoms with Crippen molar-refractivity contribution in [2.75, 3.05) is 16.8 Å². The second kappa shape index (κ2) is 7.29. The highest BCUT2D eigenvalue weighted by Gasteiger charge is 2.21. The maximum atomic E-state index is 12.4. The van der Waals surface area contributed by atoms with Gasteiger partial charge in [0.25, 0.3) is 5.91 Å². The van der Waals surface area contributed by atoms with Gasteiger partial charge in [0.2, 0.25) is 5.91 Å². The molecule has 0 unspecified atom stereocenters. The standard InChI is InChI=1S/C18H16F2N2O3/c19-18(20)25-15-5-2-1-4-14(15)21-17(24)12-7-9-13(10-8-12)22-11-3-6-16(22)23/h1-2,4-5,7-10,18H,3,6,11H2,(H,21,24). The van der Waals surface area contributed by atoms with Crippen LogP contribution in [0.5, 0.6) is 5.75 Å². The summed E-state index contributed by atoms with van der Waals surface area (Å²) in [5.74, 6) is -0.495. The van der Waals surface area contributed by atoms with Crippen molar-refractivity contribution in [1.29, 1.82) is 0 Å². The molecule has 1 heterocycles. The highest BCUT2D eigenvalue weighted by Crippen LogP contribution is 2.26. The Bertz CT molecular complexity index is 778. The molecule has 0 atom stereocenters. The van der Waals surface area contributed by atoms with Crippen LogP contribution in [0.3, 0.4) is 0 Å². The molecule has 130 valence electrons. The lowest BCUT2D eigenvalue weighted by Gasteiger charge is -2.16. The van der Waals surface area contributed by atoms with Gasteiger partial charge in [0.15, 0.2) is 0 Å². The Balaban J connectivity index is 1.73. The van der Waals surface area contributed by atoms with Crippen molar-refractivity contribution in [2.24, 2.45) is 0 Å². The fourth-order valence-corrected chi connectivity index (χ4v) is 2.68. The first-order valence-electron chi connectivity index (χ1n) is 7.80. The molecule has 7 heteroatoms. The van der Waals surface area contributed by atoms with Gasteiger partial charge >= 0.3 is 6.61 Å². The molecule has 0 spiro atoms. The van der Waals surface area contributed by atoms with Crippen LogP contribution in [-0.2, 0) is 4.79 Å². The highest BCUT2D eigenvalue weighted by atomic mass is 19.3. The number of benzene rings is 2. The van der Waals surface area contributed by atoms with E-state index in [4.69, 9.17) is 0 Å². The van der Waals surface area contributed by atoms with Crippen LogP contribution in [0.15, 0.2) is 48.5 Å². The van der Waals surface area contributed by atoms with Gasteiger partial charge in [0, 0.05) is 24.2 Å². The minimum absolute atomic E-state index is 0.0651. The summed E-state index contributed by atoms with van der Waals surface area (Å²) in [4.78, 5) is 25.7. The van der Waals surface area contributed by atoms with Crippen molar-refractivity contribution >= 4 is 23.2 Å². The third kappa shape index (κ3) is 3.93. The monoisotopic (exact) mass is 346 g/mol. The molecule has 25 heavy (non-hydrogen) atoms. The molecule has 2 amide bonds. The molecule has 2 aromatic rings. The Labute approximate surface area is 143 Å². The van der Waals surface area contributed by atoms with Crippen molar-refractivity contribution < 1.29 is 23.1 Å². The molecule has 1 fully saturated rings. The van der Waals surface area contributed by atoms with Gasteiger partial charge in [-0.3, -0.25) is 9.59 Å². The number of ether oxygens (including phenoxy) is 1. The normalized spacial score (nSPS) is 14.0. The number of hydrogen-bond donors (Lipinski definition) is 1. The minimum Gasteiger partial charge on any atom is -0.433 e. The zero-order valence-electron chi connectivity index (χ0n) is 13.2. The molecule has 1 aliphatic rings. The number of anilines is 2. The smallest absolute Gasteiger partial charge is 0.387 e. The summed E-state index contributed by atoms with van der Waals surface area (Å²) >= 11 is 0. The number of nitrogens with one attached hydrogen (secondary N) is 1. The number of halogens is 2. The van der Waals surface area contributed by atoms with Gasteiger partial charge in [0.05, 0.1) is 5.69 Å². The zero-order valence-corrected chi connectivity index (χ0v) is 13.2. The van der Waals surface area contributed by atoms with Crippen molar-refractivity contribution in [2.45, 2.75) is 19.5 Å². The van der Waals surface area contributed by atoms with Crippen LogP contribution >= 0.6 is 0 Å². The van der Waals surface area contributed by atoms with Gasteiger partial charge in [-0.05, 0) is 42.8 Å². The van der Waals surface area contributed by atoms with Crippen molar-refractivity contribution in [1.82, 2.24) is 0 Å². The van der Waals surface area contributed by atoms with Crippen LogP contribution in [0.25, 0.3) is 0 Å². The lowest BCUT2D eigenvalue weighted by Crippen LogP contribution is -2.23. The van der Waals surface area contributed by atoms with Gasteiger partial charge in [-0.25, -0.2) is 0 Å². The Morgan fingerprint density at radius 1 is 1.12 bits per heavy atom. The maximum absolute atomic E-state index is 12.4. The van der Waals surface area contributed by atoms with Crippen LogP contribution < -0.4 is 15.0 Å². The molecule has 0 aromatic heterocycles. The molecule has 5 nitrogen and oxygen atoms in total. The van der Waals surface area contributed by atoms with E-state index in [9.17, 15) is 18.4 Å². The maximum Gasteiger partial charge on any atom is 0.387 e. The Kier molecular flexibility index (Phi) is 4.92. The molecule has 0 radical (unpaired) electrons. The molecule has 1 aliphatic heterocycles. The van der Waals surface area contributed by atoms with Crippen LogP contribution in [0.2, 0.25) is 0 Å². The first-order chi connectivity index (χ1) is 12.0. The van der Waals surface area contributed by atoms with E-state index in [0.29, 0.717) is 18.5 Å². The second-order valence-electron chi connectivity index (χ2n) is 5.52. The average molecular weight is 346 g/mol. The first-order valence-corrected chi connectivity index (χ1v) is 7.80. The van der Waals surface area contributed by atoms with E-state index in [2.05, 4.69) is 10.1 Å². The fourth-order valence-electron chi connectivity index (χ4n) is 2.68. The summed E-state index contributed by atoms with van der Waals surface area (Å²) in [5.41, 5.74) is 1.24. The van der Waals surface area contributed by atoms with Gasteiger partial charge in [-0.2, -0.15) is 8.78 Å². The lowest BCUT2D eigenvalue weighted by atomic mass is 10.1. The number of alkyl halides is 2. The first kappa shape index (κ1) is 16.9. The van der Waals surface area contributed by atoms with Gasteiger partial charge in [-0.15, -0.1) is 0 Å². The Morgan fingerprint density at radius 3 is 2.48 bits per heavy atom.